The third-order valence-corrected chi connectivity index (χ3v) is 6.47. The van der Waals surface area contributed by atoms with Crippen molar-refractivity contribution < 1.29 is 19.2 Å². The maximum Gasteiger partial charge on any atom is 0.325 e. The van der Waals surface area contributed by atoms with E-state index in [0.717, 1.165) is 27.3 Å². The number of thiophene rings is 1. The van der Waals surface area contributed by atoms with Gasteiger partial charge in [-0.2, -0.15) is 0 Å². The molecule has 0 saturated carbocycles. The fraction of sp³-hybridized carbons (Fsp3) is 0.333. The van der Waals surface area contributed by atoms with Crippen LogP contribution in [0.25, 0.3) is 0 Å². The smallest absolute Gasteiger partial charge is 0.319 e. The summed E-state index contributed by atoms with van der Waals surface area (Å²) in [6.45, 7) is 6.95. The molecule has 1 aliphatic rings. The predicted octanol–water partition coefficient (Wildman–Crippen LogP) is 2.16. The van der Waals surface area contributed by atoms with Gasteiger partial charge in [-0.05, 0) is 44.4 Å². The van der Waals surface area contributed by atoms with Gasteiger partial charge in [-0.1, -0.05) is 36.8 Å². The van der Waals surface area contributed by atoms with Crippen LogP contribution in [0.5, 0.6) is 0 Å². The maximum absolute atomic E-state index is 12.9. The summed E-state index contributed by atoms with van der Waals surface area (Å²) in [4.78, 5) is 52.1. The Labute approximate surface area is 178 Å². The average molecular weight is 429 g/mol. The highest BCUT2D eigenvalue weighted by Crippen LogP contribution is 2.28. The molecule has 1 aliphatic heterocycles. The van der Waals surface area contributed by atoms with Gasteiger partial charge in [0.15, 0.2) is 0 Å². The van der Waals surface area contributed by atoms with Gasteiger partial charge >= 0.3 is 6.03 Å². The lowest BCUT2D eigenvalue weighted by atomic mass is 9.91. The van der Waals surface area contributed by atoms with Gasteiger partial charge in [0.25, 0.3) is 17.7 Å². The van der Waals surface area contributed by atoms with Crippen LogP contribution in [0, 0.1) is 13.8 Å². The number of nitrogens with one attached hydrogen (secondary N) is 3. The average Bonchev–Trinajstić information content (AvgIpc) is 3.19. The summed E-state index contributed by atoms with van der Waals surface area (Å²) in [6.07, 6.45) is 0.822. The highest BCUT2D eigenvalue weighted by Gasteiger charge is 2.49. The second-order valence-electron chi connectivity index (χ2n) is 7.39. The number of carbonyl (C=O) groups excluding carboxylic acids is 4. The Morgan fingerprint density at radius 2 is 1.80 bits per heavy atom. The molecular formula is C21H24N4O4S. The molecule has 30 heavy (non-hydrogen) atoms. The summed E-state index contributed by atoms with van der Waals surface area (Å²) in [5.74, 6) is -1.65. The molecule has 1 atom stereocenters. The number of hydrogen-bond acceptors (Lipinski definition) is 5. The van der Waals surface area contributed by atoms with E-state index in [1.54, 1.807) is 25.1 Å². The second-order valence-corrected chi connectivity index (χ2v) is 8.52. The van der Waals surface area contributed by atoms with Gasteiger partial charge in [0.2, 0.25) is 0 Å². The molecule has 2 aromatic rings. The van der Waals surface area contributed by atoms with Crippen molar-refractivity contribution in [1.82, 2.24) is 21.1 Å². The van der Waals surface area contributed by atoms with Crippen LogP contribution in [0.4, 0.5) is 4.79 Å². The third-order valence-electron chi connectivity index (χ3n) is 5.09. The van der Waals surface area contributed by atoms with E-state index in [-0.39, 0.29) is 0 Å². The molecule has 8 nitrogen and oxygen atoms in total. The van der Waals surface area contributed by atoms with Crippen molar-refractivity contribution in [3.8, 4) is 0 Å². The molecule has 9 heteroatoms. The molecule has 1 saturated heterocycles. The Balaban J connectivity index is 1.62. The van der Waals surface area contributed by atoms with Gasteiger partial charge in [0.05, 0.1) is 4.88 Å². The molecule has 1 unspecified atom stereocenters. The van der Waals surface area contributed by atoms with Gasteiger partial charge < -0.3 is 5.32 Å². The van der Waals surface area contributed by atoms with Crippen LogP contribution in [0.2, 0.25) is 0 Å². The zero-order chi connectivity index (χ0) is 22.1. The highest BCUT2D eigenvalue weighted by molar-refractivity contribution is 7.14. The van der Waals surface area contributed by atoms with Crippen molar-refractivity contribution in [3.05, 3.63) is 56.8 Å². The van der Waals surface area contributed by atoms with Crippen LogP contribution in [-0.4, -0.2) is 35.2 Å². The zero-order valence-electron chi connectivity index (χ0n) is 17.3. The minimum atomic E-state index is -1.25. The summed E-state index contributed by atoms with van der Waals surface area (Å²) < 4.78 is 0. The number of urea groups is 1. The number of aryl methyl sites for hydroxylation is 3. The van der Waals surface area contributed by atoms with Crippen LogP contribution in [0.1, 0.15) is 45.1 Å². The highest BCUT2D eigenvalue weighted by atomic mass is 32.1. The standard InChI is InChI=1S/C21H24N4O4S/c1-5-15-13(3)10-16(30-15)18(27)24-23-17(26)11-25-19(28)21(4,22-20(25)29)14-8-6-12(2)7-9-14/h6-10H,5,11H2,1-4H3,(H,22,29)(H,23,26)(H,24,27). The molecule has 5 amide bonds. The summed E-state index contributed by atoms with van der Waals surface area (Å²) in [5, 5.41) is 2.65. The monoisotopic (exact) mass is 428 g/mol. The van der Waals surface area contributed by atoms with E-state index in [1.165, 1.54) is 11.3 Å². The topological polar surface area (TPSA) is 108 Å². The third kappa shape index (κ3) is 4.06. The first-order valence-corrected chi connectivity index (χ1v) is 10.4. The van der Waals surface area contributed by atoms with Crippen molar-refractivity contribution >= 4 is 35.1 Å². The summed E-state index contributed by atoms with van der Waals surface area (Å²) in [7, 11) is 0. The lowest BCUT2D eigenvalue weighted by Gasteiger charge is -2.22. The van der Waals surface area contributed by atoms with E-state index in [0.29, 0.717) is 10.4 Å². The van der Waals surface area contributed by atoms with E-state index >= 15 is 0 Å². The molecule has 0 spiro atoms. The van der Waals surface area contributed by atoms with Gasteiger partial charge in [-0.15, -0.1) is 11.3 Å². The van der Waals surface area contributed by atoms with Crippen molar-refractivity contribution in [1.29, 1.82) is 0 Å². The number of amides is 5. The van der Waals surface area contributed by atoms with E-state index in [1.807, 2.05) is 32.9 Å². The molecule has 3 rings (SSSR count). The van der Waals surface area contributed by atoms with Crippen LogP contribution < -0.4 is 16.2 Å². The van der Waals surface area contributed by atoms with E-state index < -0.39 is 35.8 Å². The van der Waals surface area contributed by atoms with Crippen LogP contribution in [-0.2, 0) is 21.5 Å². The van der Waals surface area contributed by atoms with Gasteiger partial charge in [0.1, 0.15) is 12.1 Å². The number of nitrogens with zero attached hydrogens (tertiary/aromatic N) is 1. The molecule has 1 aromatic carbocycles. The largest absolute Gasteiger partial charge is 0.325 e. The minimum absolute atomic E-state index is 0.446. The number of benzene rings is 1. The normalized spacial score (nSPS) is 18.3. The maximum atomic E-state index is 12.9. The van der Waals surface area contributed by atoms with Gasteiger partial charge in [-0.25, -0.2) is 4.79 Å². The first-order valence-electron chi connectivity index (χ1n) is 9.55. The SMILES string of the molecule is CCc1sc(C(=O)NNC(=O)CN2C(=O)NC(C)(c3ccc(C)cc3)C2=O)cc1C. The molecule has 0 radical (unpaired) electrons. The molecule has 0 bridgehead atoms. The molecule has 2 heterocycles. The molecule has 1 fully saturated rings. The number of imide groups is 1. The Bertz CT molecular complexity index is 1010. The predicted molar refractivity (Wildman–Crippen MR) is 113 cm³/mol. The van der Waals surface area contributed by atoms with Gasteiger partial charge in [-0.3, -0.25) is 30.1 Å². The Morgan fingerprint density at radius 3 is 2.40 bits per heavy atom. The number of rotatable bonds is 5. The van der Waals surface area contributed by atoms with Crippen molar-refractivity contribution in [2.45, 2.75) is 39.7 Å². The number of carbonyl (C=O) groups is 4. The Hall–Kier alpha value is -3.20. The van der Waals surface area contributed by atoms with Crippen LogP contribution >= 0.6 is 11.3 Å². The van der Waals surface area contributed by atoms with Gasteiger partial charge in [0, 0.05) is 4.88 Å². The lowest BCUT2D eigenvalue weighted by molar-refractivity contribution is -0.135. The molecule has 0 aliphatic carbocycles. The fourth-order valence-corrected chi connectivity index (χ4v) is 4.29. The Morgan fingerprint density at radius 1 is 1.13 bits per heavy atom. The van der Waals surface area contributed by atoms with E-state index in [9.17, 15) is 19.2 Å². The van der Waals surface area contributed by atoms with E-state index in [2.05, 4.69) is 16.2 Å². The first-order chi connectivity index (χ1) is 14.2. The first kappa shape index (κ1) is 21.5. The molecule has 1 aromatic heterocycles. The lowest BCUT2D eigenvalue weighted by Crippen LogP contribution is -2.48. The van der Waals surface area contributed by atoms with Crippen molar-refractivity contribution in [2.75, 3.05) is 6.54 Å². The zero-order valence-corrected chi connectivity index (χ0v) is 18.1. The Kier molecular flexibility index (Phi) is 5.93. The van der Waals surface area contributed by atoms with E-state index in [4.69, 9.17) is 0 Å². The summed E-state index contributed by atoms with van der Waals surface area (Å²) >= 11 is 1.36. The number of hydrogen-bond donors (Lipinski definition) is 3. The molecular weight excluding hydrogens is 404 g/mol. The second kappa shape index (κ2) is 8.27. The van der Waals surface area contributed by atoms with Crippen LogP contribution in [0.3, 0.4) is 0 Å². The summed E-state index contributed by atoms with van der Waals surface area (Å²) in [5.41, 5.74) is 6.02. The molecule has 158 valence electrons. The van der Waals surface area contributed by atoms with Crippen LogP contribution in [0.15, 0.2) is 30.3 Å². The number of hydrazine groups is 1. The van der Waals surface area contributed by atoms with Crippen molar-refractivity contribution in [2.24, 2.45) is 0 Å². The quantitative estimate of drug-likeness (QED) is 0.501. The molecule has 3 N–H and O–H groups in total. The minimum Gasteiger partial charge on any atom is -0.319 e. The fourth-order valence-electron chi connectivity index (χ4n) is 3.28. The van der Waals surface area contributed by atoms with Crippen molar-refractivity contribution in [3.63, 3.8) is 0 Å². The summed E-state index contributed by atoms with van der Waals surface area (Å²) in [6, 6.07) is 8.33.